The molecule has 0 bridgehead atoms. The summed E-state index contributed by atoms with van der Waals surface area (Å²) in [6.07, 6.45) is 1.88. The minimum Gasteiger partial charge on any atom is -0.488 e. The van der Waals surface area contributed by atoms with Crippen LogP contribution in [0.25, 0.3) is 21.7 Å². The molecule has 6 heteroatoms. The van der Waals surface area contributed by atoms with Gasteiger partial charge in [0.1, 0.15) is 18.2 Å². The van der Waals surface area contributed by atoms with Gasteiger partial charge in [0.2, 0.25) is 5.28 Å². The molecule has 0 aliphatic rings. The zero-order valence-corrected chi connectivity index (χ0v) is 20.0. The first-order chi connectivity index (χ1) is 17.2. The highest BCUT2D eigenvalue weighted by Gasteiger charge is 2.13. The standard InChI is InChI=1S/C29H26ClN3O2/c30-29-32-26-17-27(35-19-20-8-2-1-3-9-20)23(18-34)16-25(26)28(33-29)31-15-7-13-22-12-6-11-21-10-4-5-14-24(21)22/h1-6,8-12,14,16-17,34H,7,13,15,18-19H2,(H,31,32,33). The van der Waals surface area contributed by atoms with Crippen molar-refractivity contribution in [2.45, 2.75) is 26.1 Å². The van der Waals surface area contributed by atoms with Crippen LogP contribution in [-0.4, -0.2) is 21.6 Å². The Bertz CT molecular complexity index is 1450. The van der Waals surface area contributed by atoms with Crippen molar-refractivity contribution in [1.29, 1.82) is 0 Å². The number of aliphatic hydroxyl groups is 1. The number of hydrogen-bond donors (Lipinski definition) is 2. The third-order valence-corrected chi connectivity index (χ3v) is 6.22. The van der Waals surface area contributed by atoms with Crippen molar-refractivity contribution < 1.29 is 9.84 Å². The number of anilines is 1. The van der Waals surface area contributed by atoms with Crippen molar-refractivity contribution in [2.24, 2.45) is 0 Å². The molecule has 1 aromatic heterocycles. The highest BCUT2D eigenvalue weighted by molar-refractivity contribution is 6.28. The van der Waals surface area contributed by atoms with E-state index >= 15 is 0 Å². The lowest BCUT2D eigenvalue weighted by molar-refractivity contribution is 0.259. The van der Waals surface area contributed by atoms with Crippen LogP contribution in [0.4, 0.5) is 5.82 Å². The SMILES string of the molecule is OCc1cc2c(NCCCc3cccc4ccccc34)nc(Cl)nc2cc1OCc1ccccc1. The van der Waals surface area contributed by atoms with Crippen LogP contribution in [0.3, 0.4) is 0 Å². The Morgan fingerprint density at radius 1 is 0.829 bits per heavy atom. The molecule has 0 saturated carbocycles. The number of halogens is 1. The number of rotatable bonds is 9. The highest BCUT2D eigenvalue weighted by Crippen LogP contribution is 2.30. The number of aliphatic hydroxyl groups excluding tert-OH is 1. The summed E-state index contributed by atoms with van der Waals surface area (Å²) >= 11 is 6.24. The second-order valence-corrected chi connectivity index (χ2v) is 8.76. The number of nitrogens with one attached hydrogen (secondary N) is 1. The lowest BCUT2D eigenvalue weighted by Crippen LogP contribution is -2.07. The van der Waals surface area contributed by atoms with E-state index in [2.05, 4.69) is 57.7 Å². The zero-order valence-electron chi connectivity index (χ0n) is 19.2. The Labute approximate surface area is 209 Å². The molecule has 35 heavy (non-hydrogen) atoms. The predicted molar refractivity (Wildman–Crippen MR) is 142 cm³/mol. The van der Waals surface area contributed by atoms with Gasteiger partial charge in [0.25, 0.3) is 0 Å². The van der Waals surface area contributed by atoms with E-state index in [4.69, 9.17) is 16.3 Å². The third kappa shape index (κ3) is 5.37. The van der Waals surface area contributed by atoms with Crippen LogP contribution in [0.15, 0.2) is 84.9 Å². The minimum atomic E-state index is -0.150. The second-order valence-electron chi connectivity index (χ2n) is 8.42. The topological polar surface area (TPSA) is 67.3 Å². The van der Waals surface area contributed by atoms with Crippen LogP contribution in [0.2, 0.25) is 5.28 Å². The lowest BCUT2D eigenvalue weighted by Gasteiger charge is -2.14. The number of benzene rings is 4. The predicted octanol–water partition coefficient (Wildman–Crippen LogP) is 6.55. The Hall–Kier alpha value is -3.67. The molecular formula is C29H26ClN3O2. The van der Waals surface area contributed by atoms with Crippen LogP contribution in [0.5, 0.6) is 5.75 Å². The maximum atomic E-state index is 9.98. The molecule has 5 nitrogen and oxygen atoms in total. The van der Waals surface area contributed by atoms with Crippen molar-refractivity contribution in [3.8, 4) is 5.75 Å². The van der Waals surface area contributed by atoms with Gasteiger partial charge in [-0.05, 0) is 52.4 Å². The maximum Gasteiger partial charge on any atom is 0.224 e. The van der Waals surface area contributed by atoms with Gasteiger partial charge in [-0.1, -0.05) is 72.8 Å². The normalized spacial score (nSPS) is 11.1. The van der Waals surface area contributed by atoms with Gasteiger partial charge >= 0.3 is 0 Å². The average molecular weight is 484 g/mol. The summed E-state index contributed by atoms with van der Waals surface area (Å²) in [5, 5.41) is 16.9. The molecule has 0 atom stereocenters. The molecular weight excluding hydrogens is 458 g/mol. The number of hydrogen-bond acceptors (Lipinski definition) is 5. The smallest absolute Gasteiger partial charge is 0.224 e. The van der Waals surface area contributed by atoms with Gasteiger partial charge in [-0.15, -0.1) is 0 Å². The van der Waals surface area contributed by atoms with Crippen molar-refractivity contribution in [3.05, 3.63) is 107 Å². The quantitative estimate of drug-likeness (QED) is 0.184. The molecule has 2 N–H and O–H groups in total. The summed E-state index contributed by atoms with van der Waals surface area (Å²) < 4.78 is 6.00. The first-order valence-corrected chi connectivity index (χ1v) is 12.1. The van der Waals surface area contributed by atoms with Crippen molar-refractivity contribution in [1.82, 2.24) is 9.97 Å². The highest BCUT2D eigenvalue weighted by atomic mass is 35.5. The monoisotopic (exact) mass is 483 g/mol. The molecule has 176 valence electrons. The first kappa shape index (κ1) is 23.1. The van der Waals surface area contributed by atoms with E-state index in [1.165, 1.54) is 16.3 Å². The van der Waals surface area contributed by atoms with Gasteiger partial charge < -0.3 is 15.2 Å². The fourth-order valence-corrected chi connectivity index (χ4v) is 4.47. The van der Waals surface area contributed by atoms with E-state index in [1.807, 2.05) is 42.5 Å². The summed E-state index contributed by atoms with van der Waals surface area (Å²) in [6.45, 7) is 0.979. The molecule has 0 aliphatic heterocycles. The first-order valence-electron chi connectivity index (χ1n) is 11.7. The molecule has 0 aliphatic carbocycles. The van der Waals surface area contributed by atoms with E-state index < -0.39 is 0 Å². The van der Waals surface area contributed by atoms with Crippen LogP contribution in [0, 0.1) is 0 Å². The molecule has 4 aromatic carbocycles. The van der Waals surface area contributed by atoms with E-state index in [0.29, 0.717) is 29.3 Å². The fourth-order valence-electron chi connectivity index (χ4n) is 4.30. The summed E-state index contributed by atoms with van der Waals surface area (Å²) in [6, 6.07) is 28.5. The summed E-state index contributed by atoms with van der Waals surface area (Å²) in [7, 11) is 0. The third-order valence-electron chi connectivity index (χ3n) is 6.05. The van der Waals surface area contributed by atoms with Gasteiger partial charge in [0.05, 0.1) is 12.1 Å². The van der Waals surface area contributed by atoms with Gasteiger partial charge in [-0.25, -0.2) is 9.97 Å². The Balaban J connectivity index is 1.32. The van der Waals surface area contributed by atoms with Gasteiger partial charge in [0.15, 0.2) is 0 Å². The van der Waals surface area contributed by atoms with Crippen LogP contribution >= 0.6 is 11.6 Å². The van der Waals surface area contributed by atoms with Crippen LogP contribution in [0.1, 0.15) is 23.1 Å². The number of fused-ring (bicyclic) bond motifs is 2. The molecule has 0 unspecified atom stereocenters. The Morgan fingerprint density at radius 3 is 2.49 bits per heavy atom. The summed E-state index contributed by atoms with van der Waals surface area (Å²) in [4.78, 5) is 8.81. The van der Waals surface area contributed by atoms with E-state index in [9.17, 15) is 5.11 Å². The Kier molecular flexibility index (Phi) is 7.07. The lowest BCUT2D eigenvalue weighted by atomic mass is 10.0. The van der Waals surface area contributed by atoms with E-state index in [0.717, 1.165) is 30.3 Å². The number of nitrogens with zero attached hydrogens (tertiary/aromatic N) is 2. The Morgan fingerprint density at radius 2 is 1.63 bits per heavy atom. The molecule has 0 fully saturated rings. The number of aryl methyl sites for hydroxylation is 1. The average Bonchev–Trinajstić information content (AvgIpc) is 2.90. The molecule has 0 radical (unpaired) electrons. The van der Waals surface area contributed by atoms with E-state index in [-0.39, 0.29) is 11.9 Å². The maximum absolute atomic E-state index is 9.98. The van der Waals surface area contributed by atoms with Gasteiger partial charge in [0, 0.05) is 23.6 Å². The molecule has 1 heterocycles. The van der Waals surface area contributed by atoms with Gasteiger partial charge in [-0.3, -0.25) is 0 Å². The molecule has 0 amide bonds. The number of ether oxygens (including phenoxy) is 1. The minimum absolute atomic E-state index is 0.150. The fraction of sp³-hybridized carbons (Fsp3) is 0.172. The number of aromatic nitrogens is 2. The molecule has 5 rings (SSSR count). The molecule has 0 saturated heterocycles. The van der Waals surface area contributed by atoms with Crippen molar-refractivity contribution in [2.75, 3.05) is 11.9 Å². The largest absolute Gasteiger partial charge is 0.488 e. The molecule has 0 spiro atoms. The van der Waals surface area contributed by atoms with Crippen molar-refractivity contribution >= 4 is 39.1 Å². The van der Waals surface area contributed by atoms with Gasteiger partial charge in [-0.2, -0.15) is 0 Å². The zero-order chi connectivity index (χ0) is 24.0. The molecule has 5 aromatic rings. The van der Waals surface area contributed by atoms with Crippen LogP contribution < -0.4 is 10.1 Å². The summed E-state index contributed by atoms with van der Waals surface area (Å²) in [5.74, 6) is 1.24. The van der Waals surface area contributed by atoms with Crippen molar-refractivity contribution in [3.63, 3.8) is 0 Å². The summed E-state index contributed by atoms with van der Waals surface area (Å²) in [5.41, 5.74) is 3.73. The van der Waals surface area contributed by atoms with E-state index in [1.54, 1.807) is 0 Å². The van der Waals surface area contributed by atoms with Crippen LogP contribution in [-0.2, 0) is 19.6 Å². The second kappa shape index (κ2) is 10.7.